The van der Waals surface area contributed by atoms with Crippen LogP contribution in [0.4, 0.5) is 8.78 Å². The van der Waals surface area contributed by atoms with Crippen LogP contribution in [-0.4, -0.2) is 25.5 Å². The third kappa shape index (κ3) is 5.74. The summed E-state index contributed by atoms with van der Waals surface area (Å²) in [6.07, 6.45) is 8.79. The zero-order valence-corrected chi connectivity index (χ0v) is 14.9. The van der Waals surface area contributed by atoms with Crippen LogP contribution in [-0.2, 0) is 14.8 Å². The molecule has 8 heteroatoms. The Bertz CT molecular complexity index is 818. The number of unbranched alkanes of at least 4 members (excludes halogenated alkanes) is 1. The summed E-state index contributed by atoms with van der Waals surface area (Å²) in [4.78, 5) is 9.86. The van der Waals surface area contributed by atoms with Gasteiger partial charge in [-0.25, -0.2) is 21.9 Å². The Morgan fingerprint density at radius 1 is 1.31 bits per heavy atom. The molecule has 0 aliphatic heterocycles. The molecular weight excluding hydrogens is 364 g/mol. The molecule has 1 aliphatic carbocycles. The minimum Gasteiger partial charge on any atom is -0.481 e. The van der Waals surface area contributed by atoms with Gasteiger partial charge >= 0.3 is 5.97 Å². The number of hydrogen-bond donors (Lipinski definition) is 2. The van der Waals surface area contributed by atoms with Crippen LogP contribution < -0.4 is 4.72 Å². The van der Waals surface area contributed by atoms with Crippen molar-refractivity contribution >= 4 is 16.0 Å². The summed E-state index contributed by atoms with van der Waals surface area (Å²) in [7, 11) is -4.09. The highest BCUT2D eigenvalue weighted by Crippen LogP contribution is 2.25. The topological polar surface area (TPSA) is 83.5 Å². The van der Waals surface area contributed by atoms with Crippen molar-refractivity contribution < 1.29 is 27.1 Å². The van der Waals surface area contributed by atoms with E-state index in [0.29, 0.717) is 38.2 Å². The van der Waals surface area contributed by atoms with E-state index in [9.17, 15) is 22.0 Å². The molecule has 0 amide bonds. The molecule has 0 unspecified atom stereocenters. The number of rotatable bonds is 9. The zero-order chi connectivity index (χ0) is 19.2. The Labute approximate surface area is 151 Å². The minimum absolute atomic E-state index is 0.110. The maximum atomic E-state index is 13.8. The zero-order valence-electron chi connectivity index (χ0n) is 14.1. The third-order valence-corrected chi connectivity index (χ3v) is 5.58. The summed E-state index contributed by atoms with van der Waals surface area (Å²) >= 11 is 0. The van der Waals surface area contributed by atoms with Crippen molar-refractivity contribution in [1.82, 2.24) is 4.72 Å². The van der Waals surface area contributed by atoms with Crippen molar-refractivity contribution in [3.05, 3.63) is 53.6 Å². The van der Waals surface area contributed by atoms with E-state index in [1.54, 1.807) is 0 Å². The number of carboxylic acids is 1. The van der Waals surface area contributed by atoms with Gasteiger partial charge in [0.1, 0.15) is 16.5 Å². The molecule has 0 aromatic heterocycles. The Morgan fingerprint density at radius 2 is 2.08 bits per heavy atom. The number of sulfonamides is 1. The van der Waals surface area contributed by atoms with Gasteiger partial charge in [-0.1, -0.05) is 23.8 Å². The molecular formula is C18H21F2NO4S. The number of halogens is 2. The summed E-state index contributed by atoms with van der Waals surface area (Å²) in [6, 6.07) is 1.92. The second kappa shape index (κ2) is 9.05. The second-order valence-corrected chi connectivity index (χ2v) is 7.75. The van der Waals surface area contributed by atoms with Crippen LogP contribution in [0.3, 0.4) is 0 Å². The minimum atomic E-state index is -4.09. The van der Waals surface area contributed by atoms with Gasteiger partial charge in [-0.15, -0.1) is 0 Å². The van der Waals surface area contributed by atoms with Gasteiger partial charge < -0.3 is 5.11 Å². The number of allylic oxidation sites excluding steroid dienone is 3. The van der Waals surface area contributed by atoms with Crippen molar-refractivity contribution in [3.63, 3.8) is 0 Å². The Morgan fingerprint density at radius 3 is 2.77 bits per heavy atom. The van der Waals surface area contributed by atoms with Crippen LogP contribution in [0.5, 0.6) is 0 Å². The molecule has 26 heavy (non-hydrogen) atoms. The molecule has 1 aromatic carbocycles. The average molecular weight is 385 g/mol. The molecule has 2 rings (SSSR count). The standard InChI is InChI=1S/C18H21F2NO4S/c19-14-10-11-17(15(20)12-14)26(24,25)21-16-8-5-7-13(16)6-3-1-2-4-9-18(22)23/h1,3,7,10-12,16,21H,2,4-6,8-9H2,(H,22,23)/b3-1-/t16-/m0/s1. The monoisotopic (exact) mass is 385 g/mol. The van der Waals surface area contributed by atoms with Crippen molar-refractivity contribution in [2.45, 2.75) is 49.5 Å². The fourth-order valence-corrected chi connectivity index (χ4v) is 4.11. The highest BCUT2D eigenvalue weighted by molar-refractivity contribution is 7.89. The van der Waals surface area contributed by atoms with E-state index >= 15 is 0 Å². The first-order valence-corrected chi connectivity index (χ1v) is 9.81. The van der Waals surface area contributed by atoms with E-state index in [2.05, 4.69) is 4.72 Å². The predicted molar refractivity (Wildman–Crippen MR) is 93.0 cm³/mol. The number of carbonyl (C=O) groups is 1. The number of carboxylic acid groups (broad SMARTS) is 1. The smallest absolute Gasteiger partial charge is 0.303 e. The Kier molecular flexibility index (Phi) is 7.05. The van der Waals surface area contributed by atoms with Gasteiger partial charge in [0.05, 0.1) is 0 Å². The lowest BCUT2D eigenvalue weighted by molar-refractivity contribution is -0.137. The Balaban J connectivity index is 1.95. The van der Waals surface area contributed by atoms with E-state index in [0.717, 1.165) is 17.7 Å². The van der Waals surface area contributed by atoms with Crippen molar-refractivity contribution in [2.24, 2.45) is 0 Å². The largest absolute Gasteiger partial charge is 0.481 e. The lowest BCUT2D eigenvalue weighted by atomic mass is 10.1. The summed E-state index contributed by atoms with van der Waals surface area (Å²) < 4.78 is 54.0. The van der Waals surface area contributed by atoms with Crippen LogP contribution >= 0.6 is 0 Å². The maximum Gasteiger partial charge on any atom is 0.303 e. The van der Waals surface area contributed by atoms with Crippen molar-refractivity contribution in [3.8, 4) is 0 Å². The van der Waals surface area contributed by atoms with Gasteiger partial charge in [-0.2, -0.15) is 0 Å². The highest BCUT2D eigenvalue weighted by Gasteiger charge is 2.27. The van der Waals surface area contributed by atoms with Crippen LogP contribution in [0, 0.1) is 11.6 Å². The quantitative estimate of drug-likeness (QED) is 0.503. The van der Waals surface area contributed by atoms with Gasteiger partial charge in [0.15, 0.2) is 0 Å². The molecule has 1 aromatic rings. The molecule has 1 aliphatic rings. The summed E-state index contributed by atoms with van der Waals surface area (Å²) in [6.45, 7) is 0. The molecule has 0 fully saturated rings. The maximum absolute atomic E-state index is 13.8. The summed E-state index contributed by atoms with van der Waals surface area (Å²) in [5.74, 6) is -2.80. The van der Waals surface area contributed by atoms with E-state index in [4.69, 9.17) is 5.11 Å². The average Bonchev–Trinajstić information content (AvgIpc) is 2.96. The Hall–Kier alpha value is -2.06. The van der Waals surface area contributed by atoms with Crippen molar-refractivity contribution in [2.75, 3.05) is 0 Å². The fraction of sp³-hybridized carbons (Fsp3) is 0.389. The normalized spacial score (nSPS) is 17.6. The number of aliphatic carboxylic acids is 1. The van der Waals surface area contributed by atoms with E-state index in [-0.39, 0.29) is 6.42 Å². The van der Waals surface area contributed by atoms with Gasteiger partial charge in [0.2, 0.25) is 10.0 Å². The van der Waals surface area contributed by atoms with Crippen LogP contribution in [0.15, 0.2) is 46.9 Å². The third-order valence-electron chi connectivity index (χ3n) is 4.07. The van der Waals surface area contributed by atoms with Gasteiger partial charge in [-0.05, 0) is 44.2 Å². The fourth-order valence-electron chi connectivity index (χ4n) is 2.78. The van der Waals surface area contributed by atoms with Gasteiger partial charge in [0, 0.05) is 18.5 Å². The lowest BCUT2D eigenvalue weighted by Crippen LogP contribution is -2.35. The molecule has 0 heterocycles. The summed E-state index contributed by atoms with van der Waals surface area (Å²) in [5.41, 5.74) is 0.880. The highest BCUT2D eigenvalue weighted by atomic mass is 32.2. The van der Waals surface area contributed by atoms with Crippen LogP contribution in [0.1, 0.15) is 38.5 Å². The van der Waals surface area contributed by atoms with Gasteiger partial charge in [-0.3, -0.25) is 4.79 Å². The first-order valence-electron chi connectivity index (χ1n) is 8.32. The van der Waals surface area contributed by atoms with Gasteiger partial charge in [0.25, 0.3) is 0 Å². The number of hydrogen-bond acceptors (Lipinski definition) is 3. The molecule has 0 saturated heterocycles. The SMILES string of the molecule is O=C(O)CCC/C=C\CC1=CCC[C@@H]1NS(=O)(=O)c1ccc(F)cc1F. The first kappa shape index (κ1) is 20.3. The van der Waals surface area contributed by atoms with Crippen LogP contribution in [0.2, 0.25) is 0 Å². The molecule has 0 radical (unpaired) electrons. The molecule has 0 spiro atoms. The molecule has 1 atom stereocenters. The molecule has 2 N–H and O–H groups in total. The van der Waals surface area contributed by atoms with Crippen LogP contribution in [0.25, 0.3) is 0 Å². The number of benzene rings is 1. The van der Waals surface area contributed by atoms with Crippen molar-refractivity contribution in [1.29, 1.82) is 0 Å². The van der Waals surface area contributed by atoms with E-state index in [1.807, 2.05) is 18.2 Å². The van der Waals surface area contributed by atoms with E-state index in [1.165, 1.54) is 0 Å². The second-order valence-electron chi connectivity index (χ2n) is 6.07. The number of nitrogens with one attached hydrogen (secondary N) is 1. The van der Waals surface area contributed by atoms with E-state index < -0.39 is 38.6 Å². The molecule has 0 saturated carbocycles. The molecule has 5 nitrogen and oxygen atoms in total. The lowest BCUT2D eigenvalue weighted by Gasteiger charge is -2.16. The molecule has 142 valence electrons. The first-order chi connectivity index (χ1) is 12.3. The predicted octanol–water partition coefficient (Wildman–Crippen LogP) is 3.53. The molecule has 0 bridgehead atoms. The summed E-state index contributed by atoms with van der Waals surface area (Å²) in [5, 5.41) is 8.57.